The van der Waals surface area contributed by atoms with E-state index in [9.17, 15) is 19.2 Å². The summed E-state index contributed by atoms with van der Waals surface area (Å²) in [6, 6.07) is 7.99. The first-order chi connectivity index (χ1) is 18.4. The molecule has 4 rings (SSSR count). The predicted octanol–water partition coefficient (Wildman–Crippen LogP) is 1.94. The number of benzene rings is 1. The third kappa shape index (κ3) is 7.27. The molecular weight excluding hydrogens is 486 g/mol. The van der Waals surface area contributed by atoms with E-state index < -0.39 is 17.9 Å². The molecule has 11 heteroatoms. The molecule has 1 aromatic carbocycles. The van der Waals surface area contributed by atoms with Crippen molar-refractivity contribution in [1.82, 2.24) is 30.8 Å². The Morgan fingerprint density at radius 3 is 2.50 bits per heavy atom. The molecule has 2 fully saturated rings. The fourth-order valence-electron chi connectivity index (χ4n) is 5.08. The van der Waals surface area contributed by atoms with E-state index in [2.05, 4.69) is 31.2 Å². The second-order valence-corrected chi connectivity index (χ2v) is 10.0. The number of hydrogen-bond donors (Lipinski definition) is 4. The van der Waals surface area contributed by atoms with Crippen molar-refractivity contribution in [3.8, 4) is 0 Å². The molecule has 1 saturated heterocycles. The zero-order valence-electron chi connectivity index (χ0n) is 21.6. The number of nitrogens with one attached hydrogen (secondary N) is 4. The molecule has 1 saturated carbocycles. The van der Waals surface area contributed by atoms with E-state index in [0.717, 1.165) is 32.1 Å². The van der Waals surface area contributed by atoms with Crippen molar-refractivity contribution in [3.63, 3.8) is 0 Å². The number of likely N-dealkylation sites (tertiary alicyclic amines) is 1. The largest absolute Gasteiger partial charge is 0.350 e. The Morgan fingerprint density at radius 2 is 1.79 bits per heavy atom. The predicted molar refractivity (Wildman–Crippen MR) is 141 cm³/mol. The molecule has 0 bridgehead atoms. The molecule has 2 aliphatic rings. The first kappa shape index (κ1) is 27.0. The van der Waals surface area contributed by atoms with E-state index in [1.54, 1.807) is 4.90 Å². The third-order valence-corrected chi connectivity index (χ3v) is 7.18. The van der Waals surface area contributed by atoms with Crippen LogP contribution >= 0.6 is 0 Å². The number of rotatable bonds is 8. The molecule has 0 radical (unpaired) electrons. The van der Waals surface area contributed by atoms with E-state index in [0.29, 0.717) is 18.8 Å². The third-order valence-electron chi connectivity index (χ3n) is 7.18. The molecule has 1 aliphatic heterocycles. The minimum atomic E-state index is -0.764. The van der Waals surface area contributed by atoms with Crippen molar-refractivity contribution >= 4 is 29.4 Å². The maximum atomic E-state index is 13.1. The second kappa shape index (κ2) is 13.0. The molecule has 4 N–H and O–H groups in total. The lowest BCUT2D eigenvalue weighted by molar-refractivity contribution is -0.128. The van der Waals surface area contributed by atoms with E-state index in [1.165, 1.54) is 18.6 Å². The molecule has 2 aromatic rings. The Hall–Kier alpha value is -4.02. The number of carbonyl (C=O) groups excluding carboxylic acids is 4. The fourth-order valence-corrected chi connectivity index (χ4v) is 5.08. The quantitative estimate of drug-likeness (QED) is 0.418. The number of hydrogen-bond acceptors (Lipinski definition) is 6. The molecule has 5 amide bonds. The molecular formula is C27H35N7O4. The number of nitrogens with zero attached hydrogens (tertiary/aromatic N) is 3. The van der Waals surface area contributed by atoms with E-state index in [-0.39, 0.29) is 42.1 Å². The van der Waals surface area contributed by atoms with Crippen LogP contribution in [-0.2, 0) is 9.59 Å². The highest BCUT2D eigenvalue weighted by molar-refractivity contribution is 5.96. The van der Waals surface area contributed by atoms with Gasteiger partial charge in [-0.3, -0.25) is 19.4 Å². The molecule has 2 heterocycles. The molecule has 3 atom stereocenters. The van der Waals surface area contributed by atoms with Crippen molar-refractivity contribution in [2.45, 2.75) is 51.1 Å². The topological polar surface area (TPSA) is 145 Å². The van der Waals surface area contributed by atoms with E-state index in [4.69, 9.17) is 0 Å². The molecule has 202 valence electrons. The molecule has 11 nitrogen and oxygen atoms in total. The minimum Gasteiger partial charge on any atom is -0.350 e. The van der Waals surface area contributed by atoms with Gasteiger partial charge in [0.05, 0.1) is 18.8 Å². The van der Waals surface area contributed by atoms with Crippen molar-refractivity contribution in [2.75, 3.05) is 25.0 Å². The summed E-state index contributed by atoms with van der Waals surface area (Å²) < 4.78 is 0. The lowest BCUT2D eigenvalue weighted by atomic mass is 9.83. The molecule has 1 aromatic heterocycles. The standard InChI is InChI=1S/C27H35N7O4/c1-18-16-34(27(38)31-20-10-6-3-7-11-20)17-22(18)32-23(35)15-30-26(37)24(19-8-4-2-5-9-19)33-25(36)21-14-28-12-13-29-21/h3,6-7,10-14,18-19,22,24H,2,4-5,8-9,15-17H2,1H3,(H,30,37)(H,31,38)(H,32,35)(H,33,36)/t18-,22+,24?/m1/s1. The van der Waals surface area contributed by atoms with Gasteiger partial charge in [0.2, 0.25) is 11.8 Å². The summed E-state index contributed by atoms with van der Waals surface area (Å²) in [5, 5.41) is 11.3. The second-order valence-electron chi connectivity index (χ2n) is 10.0. The van der Waals surface area contributed by atoms with E-state index >= 15 is 0 Å². The van der Waals surface area contributed by atoms with Crippen molar-refractivity contribution in [3.05, 3.63) is 54.6 Å². The summed E-state index contributed by atoms with van der Waals surface area (Å²) in [6.45, 7) is 2.63. The Balaban J connectivity index is 1.28. The molecule has 38 heavy (non-hydrogen) atoms. The fraction of sp³-hybridized carbons (Fsp3) is 0.481. The van der Waals surface area contributed by atoms with Gasteiger partial charge in [-0.2, -0.15) is 0 Å². The molecule has 1 aliphatic carbocycles. The first-order valence-corrected chi connectivity index (χ1v) is 13.2. The summed E-state index contributed by atoms with van der Waals surface area (Å²) in [5.41, 5.74) is 0.842. The van der Waals surface area contributed by atoms with Crippen LogP contribution in [0.25, 0.3) is 0 Å². The Bertz CT molecular complexity index is 1110. The van der Waals surface area contributed by atoms with Gasteiger partial charge in [-0.1, -0.05) is 44.4 Å². The van der Waals surface area contributed by atoms with Crippen LogP contribution in [0.1, 0.15) is 49.5 Å². The summed E-state index contributed by atoms with van der Waals surface area (Å²) >= 11 is 0. The maximum Gasteiger partial charge on any atom is 0.321 e. The normalized spacial score (nSPS) is 20.3. The van der Waals surface area contributed by atoms with Crippen LogP contribution in [0.4, 0.5) is 10.5 Å². The summed E-state index contributed by atoms with van der Waals surface area (Å²) in [7, 11) is 0. The highest BCUT2D eigenvalue weighted by atomic mass is 16.2. The van der Waals surface area contributed by atoms with Crippen LogP contribution in [0.5, 0.6) is 0 Å². The van der Waals surface area contributed by atoms with E-state index in [1.807, 2.05) is 37.3 Å². The van der Waals surface area contributed by atoms with Gasteiger partial charge in [0, 0.05) is 31.2 Å². The number of carbonyl (C=O) groups is 4. The monoisotopic (exact) mass is 521 g/mol. The number of amides is 5. The van der Waals surface area contributed by atoms with Crippen LogP contribution in [-0.4, -0.2) is 70.3 Å². The van der Waals surface area contributed by atoms with Crippen LogP contribution in [0, 0.1) is 11.8 Å². The van der Waals surface area contributed by atoms with Crippen molar-refractivity contribution in [1.29, 1.82) is 0 Å². The summed E-state index contributed by atoms with van der Waals surface area (Å²) in [5.74, 6) is -1.17. The van der Waals surface area contributed by atoms with Gasteiger partial charge in [0.1, 0.15) is 11.7 Å². The van der Waals surface area contributed by atoms with Crippen LogP contribution in [0.2, 0.25) is 0 Å². The van der Waals surface area contributed by atoms with Crippen molar-refractivity contribution < 1.29 is 19.2 Å². The van der Waals surface area contributed by atoms with Gasteiger partial charge in [-0.15, -0.1) is 0 Å². The summed E-state index contributed by atoms with van der Waals surface area (Å²) in [4.78, 5) is 60.8. The van der Waals surface area contributed by atoms with Gasteiger partial charge in [-0.05, 0) is 36.8 Å². The Morgan fingerprint density at radius 1 is 1.03 bits per heavy atom. The van der Waals surface area contributed by atoms with Crippen LogP contribution in [0.3, 0.4) is 0 Å². The average Bonchev–Trinajstić information content (AvgIpc) is 3.31. The molecule has 0 spiro atoms. The molecule has 1 unspecified atom stereocenters. The van der Waals surface area contributed by atoms with Crippen molar-refractivity contribution in [2.24, 2.45) is 11.8 Å². The first-order valence-electron chi connectivity index (χ1n) is 13.2. The minimum absolute atomic E-state index is 0.0148. The van der Waals surface area contributed by atoms with Crippen LogP contribution < -0.4 is 21.3 Å². The van der Waals surface area contributed by atoms with Gasteiger partial charge in [-0.25, -0.2) is 9.78 Å². The van der Waals surface area contributed by atoms with Gasteiger partial charge < -0.3 is 26.2 Å². The Kier molecular flexibility index (Phi) is 9.23. The van der Waals surface area contributed by atoms with Gasteiger partial charge in [0.15, 0.2) is 0 Å². The Labute approximate surface area is 222 Å². The number of urea groups is 1. The summed E-state index contributed by atoms with van der Waals surface area (Å²) in [6.07, 6.45) is 8.98. The lowest BCUT2D eigenvalue weighted by Gasteiger charge is -2.30. The van der Waals surface area contributed by atoms with Crippen LogP contribution in [0.15, 0.2) is 48.9 Å². The lowest BCUT2D eigenvalue weighted by Crippen LogP contribution is -2.53. The zero-order chi connectivity index (χ0) is 26.9. The SMILES string of the molecule is C[C@@H]1CN(C(=O)Nc2ccccc2)C[C@@H]1NC(=O)CNC(=O)C(NC(=O)c1cnccn1)C1CCCCC1. The van der Waals surface area contributed by atoms with Gasteiger partial charge in [0.25, 0.3) is 5.91 Å². The number of anilines is 1. The zero-order valence-corrected chi connectivity index (χ0v) is 21.6. The van der Waals surface area contributed by atoms with Gasteiger partial charge >= 0.3 is 6.03 Å². The average molecular weight is 522 g/mol. The maximum absolute atomic E-state index is 13.1. The highest BCUT2D eigenvalue weighted by Gasteiger charge is 2.34. The smallest absolute Gasteiger partial charge is 0.321 e. The highest BCUT2D eigenvalue weighted by Crippen LogP contribution is 2.27. The number of para-hydroxylation sites is 1. The number of aromatic nitrogens is 2.